The molecule has 1 aliphatic heterocycles. The van der Waals surface area contributed by atoms with Crippen molar-refractivity contribution in [1.82, 2.24) is 10.2 Å². The van der Waals surface area contributed by atoms with Gasteiger partial charge in [-0.05, 0) is 37.0 Å². The van der Waals surface area contributed by atoms with Crippen LogP contribution in [-0.4, -0.2) is 37.1 Å². The molecule has 2 amide bonds. The Hall–Kier alpha value is -2.11. The Morgan fingerprint density at radius 2 is 2.05 bits per heavy atom. The van der Waals surface area contributed by atoms with E-state index in [2.05, 4.69) is 10.1 Å². The molecule has 1 saturated heterocycles. The third-order valence-electron chi connectivity index (χ3n) is 3.65. The Bertz CT molecular complexity index is 504. The number of ether oxygens (including phenoxy) is 1. The first-order chi connectivity index (χ1) is 10.1. The molecule has 0 saturated carbocycles. The molecule has 5 nitrogen and oxygen atoms in total. The molecular weight excluding hydrogens is 275 g/mol. The lowest BCUT2D eigenvalue weighted by molar-refractivity contribution is -0.134. The second kappa shape index (κ2) is 7.06. The monoisotopic (exact) mass is 294 g/mol. The lowest BCUT2D eigenvalue weighted by atomic mass is 9.95. The summed E-state index contributed by atoms with van der Waals surface area (Å²) in [6.45, 7) is 0.550. The molecule has 2 rings (SSSR count). The Kier molecular flexibility index (Phi) is 5.14. The van der Waals surface area contributed by atoms with Gasteiger partial charge < -0.3 is 15.0 Å². The third kappa shape index (κ3) is 3.93. The van der Waals surface area contributed by atoms with Crippen LogP contribution in [0, 0.1) is 5.82 Å². The smallest absolute Gasteiger partial charge is 0.407 e. The molecular formula is C15H19FN2O3. The Labute approximate surface area is 123 Å². The largest absolute Gasteiger partial charge is 0.453 e. The predicted octanol–water partition coefficient (Wildman–Crippen LogP) is 2.24. The number of methoxy groups -OCH3 is 1. The molecule has 21 heavy (non-hydrogen) atoms. The summed E-state index contributed by atoms with van der Waals surface area (Å²) < 4.78 is 17.5. The van der Waals surface area contributed by atoms with Crippen LogP contribution in [0.5, 0.6) is 0 Å². The van der Waals surface area contributed by atoms with Crippen molar-refractivity contribution in [2.45, 2.75) is 25.3 Å². The number of piperidine rings is 1. The summed E-state index contributed by atoms with van der Waals surface area (Å²) in [5.41, 5.74) is 0.919. The molecule has 1 heterocycles. The van der Waals surface area contributed by atoms with E-state index in [4.69, 9.17) is 0 Å². The summed E-state index contributed by atoms with van der Waals surface area (Å²) in [5.74, 6) is -0.450. The normalized spacial score (nSPS) is 18.2. The second-order valence-electron chi connectivity index (χ2n) is 5.00. The minimum atomic E-state index is -0.626. The molecule has 1 aliphatic rings. The molecule has 6 heteroatoms. The lowest BCUT2D eigenvalue weighted by Crippen LogP contribution is -2.44. The molecule has 1 atom stereocenters. The molecule has 114 valence electrons. The highest BCUT2D eigenvalue weighted by atomic mass is 19.1. The second-order valence-corrected chi connectivity index (χ2v) is 5.00. The maximum atomic E-state index is 13.0. The van der Waals surface area contributed by atoms with Gasteiger partial charge in [0.25, 0.3) is 0 Å². The van der Waals surface area contributed by atoms with Crippen LogP contribution in [0.15, 0.2) is 24.3 Å². The van der Waals surface area contributed by atoms with Crippen molar-refractivity contribution < 1.29 is 18.7 Å². The van der Waals surface area contributed by atoms with Crippen LogP contribution in [0.25, 0.3) is 0 Å². The van der Waals surface area contributed by atoms with E-state index < -0.39 is 6.09 Å². The molecule has 1 N–H and O–H groups in total. The molecule has 0 aromatic heterocycles. The maximum Gasteiger partial charge on any atom is 0.407 e. The van der Waals surface area contributed by atoms with Gasteiger partial charge in [0.15, 0.2) is 0 Å². The standard InChI is InChI=1S/C15H19FN2O3/c1-21-15(20)17-10-14(19)18-9-3-2-4-13(18)11-5-7-12(16)8-6-11/h5-8,13H,2-4,9-10H2,1H3,(H,17,20). The number of benzene rings is 1. The van der Waals surface area contributed by atoms with E-state index >= 15 is 0 Å². The van der Waals surface area contributed by atoms with Crippen molar-refractivity contribution >= 4 is 12.0 Å². The number of amides is 2. The van der Waals surface area contributed by atoms with Gasteiger partial charge in [0.1, 0.15) is 12.4 Å². The molecule has 1 aromatic rings. The predicted molar refractivity (Wildman–Crippen MR) is 75.1 cm³/mol. The fourth-order valence-corrected chi connectivity index (χ4v) is 2.58. The van der Waals surface area contributed by atoms with Gasteiger partial charge in [0, 0.05) is 6.54 Å². The van der Waals surface area contributed by atoms with E-state index in [1.807, 2.05) is 0 Å². The molecule has 1 unspecified atom stereocenters. The van der Waals surface area contributed by atoms with Crippen LogP contribution >= 0.6 is 0 Å². The highest BCUT2D eigenvalue weighted by molar-refractivity contribution is 5.82. The number of hydrogen-bond donors (Lipinski definition) is 1. The minimum Gasteiger partial charge on any atom is -0.453 e. The summed E-state index contributed by atoms with van der Waals surface area (Å²) in [6, 6.07) is 6.16. The number of nitrogens with zero attached hydrogens (tertiary/aromatic N) is 1. The average molecular weight is 294 g/mol. The molecule has 1 fully saturated rings. The molecule has 0 bridgehead atoms. The number of nitrogens with one attached hydrogen (secondary N) is 1. The number of carbonyl (C=O) groups excluding carboxylic acids is 2. The molecule has 0 aliphatic carbocycles. The molecule has 1 aromatic carbocycles. The first-order valence-electron chi connectivity index (χ1n) is 6.98. The zero-order valence-electron chi connectivity index (χ0n) is 12.0. The molecule has 0 spiro atoms. The van der Waals surface area contributed by atoms with Gasteiger partial charge in [-0.25, -0.2) is 9.18 Å². The van der Waals surface area contributed by atoms with Crippen molar-refractivity contribution in [3.63, 3.8) is 0 Å². The first kappa shape index (κ1) is 15.3. The highest BCUT2D eigenvalue weighted by Crippen LogP contribution is 2.30. The van der Waals surface area contributed by atoms with Gasteiger partial charge in [-0.15, -0.1) is 0 Å². The van der Waals surface area contributed by atoms with Gasteiger partial charge in [0.05, 0.1) is 13.2 Å². The Morgan fingerprint density at radius 1 is 1.33 bits per heavy atom. The van der Waals surface area contributed by atoms with Crippen LogP contribution in [-0.2, 0) is 9.53 Å². The van der Waals surface area contributed by atoms with E-state index in [1.54, 1.807) is 17.0 Å². The Balaban J connectivity index is 2.06. The lowest BCUT2D eigenvalue weighted by Gasteiger charge is -2.36. The van der Waals surface area contributed by atoms with Crippen molar-refractivity contribution in [2.75, 3.05) is 20.2 Å². The third-order valence-corrected chi connectivity index (χ3v) is 3.65. The minimum absolute atomic E-state index is 0.0636. The summed E-state index contributed by atoms with van der Waals surface area (Å²) in [5, 5.41) is 2.40. The maximum absolute atomic E-state index is 13.0. The van der Waals surface area contributed by atoms with E-state index in [9.17, 15) is 14.0 Å². The summed E-state index contributed by atoms with van der Waals surface area (Å²) in [7, 11) is 1.25. The highest BCUT2D eigenvalue weighted by Gasteiger charge is 2.27. The van der Waals surface area contributed by atoms with Crippen LogP contribution in [0.1, 0.15) is 30.9 Å². The number of alkyl carbamates (subject to hydrolysis) is 1. The van der Waals surface area contributed by atoms with Crippen molar-refractivity contribution in [3.05, 3.63) is 35.6 Å². The summed E-state index contributed by atoms with van der Waals surface area (Å²) >= 11 is 0. The van der Waals surface area contributed by atoms with Crippen molar-refractivity contribution in [2.24, 2.45) is 0 Å². The summed E-state index contributed by atoms with van der Waals surface area (Å²) in [6.07, 6.45) is 2.17. The van der Waals surface area contributed by atoms with Crippen LogP contribution < -0.4 is 5.32 Å². The SMILES string of the molecule is COC(=O)NCC(=O)N1CCCCC1c1ccc(F)cc1. The van der Waals surface area contributed by atoms with Gasteiger partial charge in [-0.3, -0.25) is 4.79 Å². The number of likely N-dealkylation sites (tertiary alicyclic amines) is 1. The zero-order valence-corrected chi connectivity index (χ0v) is 12.0. The van der Waals surface area contributed by atoms with Gasteiger partial charge in [-0.2, -0.15) is 0 Å². The van der Waals surface area contributed by atoms with Crippen LogP contribution in [0.4, 0.5) is 9.18 Å². The number of hydrogen-bond acceptors (Lipinski definition) is 3. The quantitative estimate of drug-likeness (QED) is 0.930. The number of halogens is 1. The van der Waals surface area contributed by atoms with E-state index in [-0.39, 0.29) is 24.3 Å². The van der Waals surface area contributed by atoms with Crippen molar-refractivity contribution in [3.8, 4) is 0 Å². The van der Waals surface area contributed by atoms with Gasteiger partial charge in [0.2, 0.25) is 5.91 Å². The molecule has 0 radical (unpaired) electrons. The first-order valence-corrected chi connectivity index (χ1v) is 6.98. The fourth-order valence-electron chi connectivity index (χ4n) is 2.58. The van der Waals surface area contributed by atoms with E-state index in [0.29, 0.717) is 6.54 Å². The summed E-state index contributed by atoms with van der Waals surface area (Å²) in [4.78, 5) is 25.0. The van der Waals surface area contributed by atoms with E-state index in [1.165, 1.54) is 19.2 Å². The van der Waals surface area contributed by atoms with Crippen LogP contribution in [0.2, 0.25) is 0 Å². The average Bonchev–Trinajstić information content (AvgIpc) is 2.53. The number of rotatable bonds is 3. The van der Waals surface area contributed by atoms with Crippen molar-refractivity contribution in [1.29, 1.82) is 0 Å². The van der Waals surface area contributed by atoms with Crippen LogP contribution in [0.3, 0.4) is 0 Å². The Morgan fingerprint density at radius 3 is 2.71 bits per heavy atom. The zero-order chi connectivity index (χ0) is 15.2. The number of carbonyl (C=O) groups is 2. The topological polar surface area (TPSA) is 58.6 Å². The van der Waals surface area contributed by atoms with Gasteiger partial charge >= 0.3 is 6.09 Å². The fraction of sp³-hybridized carbons (Fsp3) is 0.467. The van der Waals surface area contributed by atoms with Gasteiger partial charge in [-0.1, -0.05) is 12.1 Å². The van der Waals surface area contributed by atoms with E-state index in [0.717, 1.165) is 24.8 Å².